The van der Waals surface area contributed by atoms with Crippen molar-refractivity contribution in [2.24, 2.45) is 5.41 Å². The monoisotopic (exact) mass is 326 g/mol. The van der Waals surface area contributed by atoms with E-state index in [1.54, 1.807) is 16.9 Å². The number of hydrazine groups is 1. The van der Waals surface area contributed by atoms with Crippen LogP contribution < -0.4 is 10.7 Å². The Bertz CT molecular complexity index is 362. The first-order valence-electron chi connectivity index (χ1n) is 7.12. The van der Waals surface area contributed by atoms with Gasteiger partial charge in [0.2, 0.25) is 0 Å². The van der Waals surface area contributed by atoms with E-state index in [-0.39, 0.29) is 0 Å². The van der Waals surface area contributed by atoms with Crippen molar-refractivity contribution in [3.05, 3.63) is 22.5 Å². The van der Waals surface area contributed by atoms with Crippen LogP contribution in [-0.2, 0) is 0 Å². The van der Waals surface area contributed by atoms with Gasteiger partial charge in [-0.15, -0.1) is 0 Å². The quantitative estimate of drug-likeness (QED) is 0.722. The van der Waals surface area contributed by atoms with Gasteiger partial charge in [-0.05, 0) is 0 Å². The summed E-state index contributed by atoms with van der Waals surface area (Å²) in [6.07, 6.45) is 5.77. The van der Waals surface area contributed by atoms with E-state index in [1.807, 2.05) is 0 Å². The van der Waals surface area contributed by atoms with Crippen LogP contribution in [0.25, 0.3) is 0 Å². The fourth-order valence-corrected chi connectivity index (χ4v) is 3.17. The van der Waals surface area contributed by atoms with Crippen molar-refractivity contribution in [1.82, 2.24) is 20.7 Å². The molecule has 108 valence electrons. The van der Waals surface area contributed by atoms with Gasteiger partial charge in [0, 0.05) is 0 Å². The molecule has 0 aromatic rings. The van der Waals surface area contributed by atoms with E-state index in [9.17, 15) is 0 Å². The standard InChI is InChI=1S/C14H27AsN4/c1-14(2,3)11-19-10-12(9-13(15)17-19)18-7-4-5-16-6-8-18/h9-10,16-17H,4-8,11,15H2,1-3H3. The number of hydrogen-bond donors (Lipinski definition) is 2. The second-order valence-electron chi connectivity index (χ2n) is 6.54. The molecule has 2 N–H and O–H groups in total. The number of rotatable bonds is 2. The molecule has 0 aromatic heterocycles. The van der Waals surface area contributed by atoms with E-state index >= 15 is 0 Å². The number of nitrogens with zero attached hydrogens (tertiary/aromatic N) is 2. The third kappa shape index (κ3) is 4.77. The Morgan fingerprint density at radius 2 is 2.05 bits per heavy atom. The first kappa shape index (κ1) is 14.8. The van der Waals surface area contributed by atoms with E-state index in [0.29, 0.717) is 5.41 Å². The summed E-state index contributed by atoms with van der Waals surface area (Å²) in [6.45, 7) is 12.3. The molecule has 1 atom stereocenters. The molecule has 2 rings (SSSR count). The molecule has 0 bridgehead atoms. The zero-order chi connectivity index (χ0) is 13.9. The predicted molar refractivity (Wildman–Crippen MR) is 83.1 cm³/mol. The van der Waals surface area contributed by atoms with Crippen molar-refractivity contribution in [2.75, 3.05) is 32.7 Å². The van der Waals surface area contributed by atoms with Crippen LogP contribution >= 0.6 is 0 Å². The third-order valence-electron chi connectivity index (χ3n) is 3.21. The van der Waals surface area contributed by atoms with Crippen molar-refractivity contribution in [3.8, 4) is 0 Å². The predicted octanol–water partition coefficient (Wildman–Crippen LogP) is 0.464. The van der Waals surface area contributed by atoms with Gasteiger partial charge < -0.3 is 0 Å². The van der Waals surface area contributed by atoms with Crippen molar-refractivity contribution in [3.63, 3.8) is 0 Å². The van der Waals surface area contributed by atoms with Crippen LogP contribution in [0.1, 0.15) is 27.2 Å². The van der Waals surface area contributed by atoms with Crippen molar-refractivity contribution >= 4 is 16.9 Å². The number of hydrogen-bond acceptors (Lipinski definition) is 4. The Morgan fingerprint density at radius 1 is 1.26 bits per heavy atom. The molecular formula is C14H27AsN4. The molecular weight excluding hydrogens is 299 g/mol. The summed E-state index contributed by atoms with van der Waals surface area (Å²) in [5, 5.41) is 5.70. The summed E-state index contributed by atoms with van der Waals surface area (Å²) in [5.41, 5.74) is 5.11. The van der Waals surface area contributed by atoms with Crippen molar-refractivity contribution < 1.29 is 0 Å². The minimum absolute atomic E-state index is 0.291. The molecule has 0 saturated carbocycles. The Labute approximate surface area is 125 Å². The third-order valence-corrected chi connectivity index (χ3v) is 3.83. The minimum atomic E-state index is 0.291. The summed E-state index contributed by atoms with van der Waals surface area (Å²) in [5.74, 6) is 0. The summed E-state index contributed by atoms with van der Waals surface area (Å²) < 4.78 is 1.28. The molecule has 0 amide bonds. The summed E-state index contributed by atoms with van der Waals surface area (Å²) in [7, 11) is 0. The van der Waals surface area contributed by atoms with Gasteiger partial charge in [-0.3, -0.25) is 0 Å². The Hall–Kier alpha value is -0.602. The molecule has 1 fully saturated rings. The van der Waals surface area contributed by atoms with Crippen LogP contribution in [0.3, 0.4) is 0 Å². The molecule has 0 aliphatic carbocycles. The normalized spacial score (nSPS) is 21.5. The maximum atomic E-state index is 3.46. The van der Waals surface area contributed by atoms with Gasteiger partial charge in [0.25, 0.3) is 0 Å². The molecule has 2 aliphatic heterocycles. The van der Waals surface area contributed by atoms with E-state index in [0.717, 1.165) is 32.7 Å². The zero-order valence-electron chi connectivity index (χ0n) is 12.4. The second kappa shape index (κ2) is 6.23. The van der Waals surface area contributed by atoms with Gasteiger partial charge in [0.05, 0.1) is 0 Å². The Kier molecular flexibility index (Phi) is 4.85. The van der Waals surface area contributed by atoms with Gasteiger partial charge in [0.1, 0.15) is 0 Å². The van der Waals surface area contributed by atoms with Crippen molar-refractivity contribution in [2.45, 2.75) is 27.2 Å². The summed E-state index contributed by atoms with van der Waals surface area (Å²) in [4.78, 5) is 2.50. The van der Waals surface area contributed by atoms with Crippen LogP contribution in [0.15, 0.2) is 22.5 Å². The molecule has 1 saturated heterocycles. The van der Waals surface area contributed by atoms with Gasteiger partial charge in [0.15, 0.2) is 0 Å². The average Bonchev–Trinajstić information content (AvgIpc) is 2.53. The Morgan fingerprint density at radius 3 is 2.79 bits per heavy atom. The van der Waals surface area contributed by atoms with E-state index in [1.165, 1.54) is 16.6 Å². The molecule has 2 aliphatic rings. The maximum absolute atomic E-state index is 3.46. The van der Waals surface area contributed by atoms with Gasteiger partial charge in [-0.2, -0.15) is 0 Å². The summed E-state index contributed by atoms with van der Waals surface area (Å²) >= 11 is 1.65. The van der Waals surface area contributed by atoms with Gasteiger partial charge in [-0.1, -0.05) is 0 Å². The SMILES string of the molecule is CC(C)(C)CN1C=C(N2CCCNCC2)C=C([AsH2])N1. The topological polar surface area (TPSA) is 30.5 Å². The Balaban J connectivity index is 2.08. The number of allylic oxidation sites excluding steroid dienone is 1. The number of nitrogens with one attached hydrogen (secondary N) is 2. The van der Waals surface area contributed by atoms with Crippen LogP contribution in [0.2, 0.25) is 0 Å². The van der Waals surface area contributed by atoms with Crippen LogP contribution in [0.4, 0.5) is 0 Å². The second-order valence-corrected chi connectivity index (χ2v) is 7.85. The van der Waals surface area contributed by atoms with Crippen LogP contribution in [0, 0.1) is 5.41 Å². The molecule has 5 heteroatoms. The first-order valence-corrected chi connectivity index (χ1v) is 8.33. The van der Waals surface area contributed by atoms with E-state index < -0.39 is 0 Å². The van der Waals surface area contributed by atoms with Gasteiger partial charge in [-0.25, -0.2) is 0 Å². The average molecular weight is 326 g/mol. The summed E-state index contributed by atoms with van der Waals surface area (Å²) in [6, 6.07) is 0. The fraction of sp³-hybridized carbons (Fsp3) is 0.714. The van der Waals surface area contributed by atoms with E-state index in [4.69, 9.17) is 0 Å². The molecule has 0 radical (unpaired) electrons. The van der Waals surface area contributed by atoms with Gasteiger partial charge >= 0.3 is 125 Å². The fourth-order valence-electron chi connectivity index (χ4n) is 2.46. The molecule has 2 heterocycles. The van der Waals surface area contributed by atoms with E-state index in [2.05, 4.69) is 53.7 Å². The molecule has 1 unspecified atom stereocenters. The van der Waals surface area contributed by atoms with Crippen molar-refractivity contribution in [1.29, 1.82) is 0 Å². The molecule has 0 aromatic carbocycles. The van der Waals surface area contributed by atoms with Crippen LogP contribution in [-0.4, -0.2) is 59.5 Å². The zero-order valence-corrected chi connectivity index (χ0v) is 14.8. The molecule has 19 heavy (non-hydrogen) atoms. The molecule has 4 nitrogen and oxygen atoms in total. The van der Waals surface area contributed by atoms with Crippen LogP contribution in [0.5, 0.6) is 0 Å². The first-order chi connectivity index (χ1) is 8.94. The molecule has 0 spiro atoms.